The summed E-state index contributed by atoms with van der Waals surface area (Å²) in [6, 6.07) is 4.24. The van der Waals surface area contributed by atoms with Crippen molar-refractivity contribution < 1.29 is 23.1 Å². The van der Waals surface area contributed by atoms with Crippen LogP contribution in [-0.2, 0) is 16.0 Å². The van der Waals surface area contributed by atoms with Gasteiger partial charge in [-0.3, -0.25) is 9.59 Å². The third-order valence-corrected chi connectivity index (χ3v) is 3.50. The van der Waals surface area contributed by atoms with E-state index in [0.717, 1.165) is 0 Å². The van der Waals surface area contributed by atoms with E-state index in [4.69, 9.17) is 16.3 Å². The zero-order valence-electron chi connectivity index (χ0n) is 11.0. The number of ether oxygens (including phenoxy) is 1. The molecule has 0 spiro atoms. The van der Waals surface area contributed by atoms with Gasteiger partial charge in [-0.25, -0.2) is 8.78 Å². The lowest BCUT2D eigenvalue weighted by Gasteiger charge is -2.25. The Morgan fingerprint density at radius 3 is 2.60 bits per heavy atom. The van der Waals surface area contributed by atoms with Gasteiger partial charge in [0.2, 0.25) is 0 Å². The fourth-order valence-electron chi connectivity index (χ4n) is 2.30. The summed E-state index contributed by atoms with van der Waals surface area (Å²) in [7, 11) is 0. The summed E-state index contributed by atoms with van der Waals surface area (Å²) < 4.78 is 31.8. The minimum atomic E-state index is -3.13. The minimum Gasteiger partial charge on any atom is -0.462 e. The molecule has 6 heteroatoms. The lowest BCUT2D eigenvalue weighted by molar-refractivity contribution is -0.164. The van der Waals surface area contributed by atoms with Crippen LogP contribution in [0.15, 0.2) is 18.2 Å². The van der Waals surface area contributed by atoms with Gasteiger partial charge >= 0.3 is 5.97 Å². The Balaban J connectivity index is 2.48. The summed E-state index contributed by atoms with van der Waals surface area (Å²) in [4.78, 5) is 24.3. The lowest BCUT2D eigenvalue weighted by atomic mass is 9.84. The second-order valence-electron chi connectivity index (χ2n) is 5.03. The number of hydrogen-bond donors (Lipinski definition) is 0. The van der Waals surface area contributed by atoms with Gasteiger partial charge in [-0.1, -0.05) is 11.6 Å². The highest BCUT2D eigenvalue weighted by Gasteiger charge is 2.59. The summed E-state index contributed by atoms with van der Waals surface area (Å²) >= 11 is 5.79. The van der Waals surface area contributed by atoms with Crippen molar-refractivity contribution in [3.05, 3.63) is 34.3 Å². The monoisotopic (exact) mass is 302 g/mol. The Morgan fingerprint density at radius 1 is 1.40 bits per heavy atom. The largest absolute Gasteiger partial charge is 0.462 e. The first-order chi connectivity index (χ1) is 9.29. The summed E-state index contributed by atoms with van der Waals surface area (Å²) in [5.74, 6) is -2.08. The zero-order chi connectivity index (χ0) is 15.1. The summed E-state index contributed by atoms with van der Waals surface area (Å²) in [6.45, 7) is 3.08. The van der Waals surface area contributed by atoms with E-state index in [-0.39, 0.29) is 12.0 Å². The number of ketones is 1. The number of rotatable bonds is 3. The Hall–Kier alpha value is -1.49. The second-order valence-corrected chi connectivity index (χ2v) is 5.47. The van der Waals surface area contributed by atoms with Gasteiger partial charge in [0.25, 0.3) is 6.43 Å². The Bertz CT molecular complexity index is 572. The molecule has 1 aromatic rings. The van der Waals surface area contributed by atoms with Gasteiger partial charge in [0.05, 0.1) is 6.10 Å². The van der Waals surface area contributed by atoms with Crippen LogP contribution in [0.4, 0.5) is 8.78 Å². The molecule has 2 rings (SSSR count). The van der Waals surface area contributed by atoms with Gasteiger partial charge in [-0.2, -0.15) is 0 Å². The van der Waals surface area contributed by atoms with Gasteiger partial charge in [0.1, 0.15) is 0 Å². The number of carbonyl (C=O) groups excluding carboxylic acids is 2. The van der Waals surface area contributed by atoms with Crippen LogP contribution in [0.1, 0.15) is 29.8 Å². The van der Waals surface area contributed by atoms with Crippen molar-refractivity contribution in [1.29, 1.82) is 0 Å². The second kappa shape index (κ2) is 5.13. The minimum absolute atomic E-state index is 0.107. The van der Waals surface area contributed by atoms with E-state index in [9.17, 15) is 18.4 Å². The smallest absolute Gasteiger partial charge is 0.326 e. The fraction of sp³-hybridized carbons (Fsp3) is 0.429. The highest BCUT2D eigenvalue weighted by molar-refractivity contribution is 6.31. The Kier molecular flexibility index (Phi) is 3.82. The molecule has 1 unspecified atom stereocenters. The number of halogens is 3. The van der Waals surface area contributed by atoms with E-state index < -0.39 is 29.7 Å². The number of hydrogen-bond acceptors (Lipinski definition) is 3. The van der Waals surface area contributed by atoms with E-state index >= 15 is 0 Å². The molecule has 1 atom stereocenters. The molecule has 0 fully saturated rings. The first kappa shape index (κ1) is 14.9. The van der Waals surface area contributed by atoms with E-state index in [1.54, 1.807) is 13.8 Å². The molecule has 0 radical (unpaired) electrons. The topological polar surface area (TPSA) is 43.4 Å². The van der Waals surface area contributed by atoms with Crippen LogP contribution < -0.4 is 0 Å². The number of alkyl halides is 2. The van der Waals surface area contributed by atoms with Crippen molar-refractivity contribution in [3.63, 3.8) is 0 Å². The molecule has 20 heavy (non-hydrogen) atoms. The SMILES string of the molecule is CC(C)OC(=O)C1(C(F)F)Cc2cc(Cl)ccc2C1=O. The highest BCUT2D eigenvalue weighted by atomic mass is 35.5. The van der Waals surface area contributed by atoms with Crippen LogP contribution in [-0.4, -0.2) is 24.3 Å². The molecule has 0 bridgehead atoms. The van der Waals surface area contributed by atoms with Crippen LogP contribution in [0.2, 0.25) is 5.02 Å². The van der Waals surface area contributed by atoms with Crippen LogP contribution in [0.25, 0.3) is 0 Å². The zero-order valence-corrected chi connectivity index (χ0v) is 11.7. The molecular formula is C14H13ClF2O3. The normalized spacial score (nSPS) is 21.4. The fourth-order valence-corrected chi connectivity index (χ4v) is 2.50. The summed E-state index contributed by atoms with van der Waals surface area (Å²) in [5, 5.41) is 0.332. The standard InChI is InChI=1S/C14H13ClF2O3/c1-7(2)20-13(19)14(12(16)17)6-8-5-9(15)3-4-10(8)11(14)18/h3-5,7,12H,6H2,1-2H3. The maximum atomic E-state index is 13.5. The number of fused-ring (bicyclic) bond motifs is 1. The number of benzene rings is 1. The molecule has 0 N–H and O–H groups in total. The van der Waals surface area contributed by atoms with E-state index in [0.29, 0.717) is 10.6 Å². The molecule has 0 saturated carbocycles. The Morgan fingerprint density at radius 2 is 2.05 bits per heavy atom. The van der Waals surface area contributed by atoms with E-state index in [1.165, 1.54) is 18.2 Å². The lowest BCUT2D eigenvalue weighted by Crippen LogP contribution is -2.45. The quantitative estimate of drug-likeness (QED) is 0.636. The van der Waals surface area contributed by atoms with Crippen molar-refractivity contribution in [1.82, 2.24) is 0 Å². The van der Waals surface area contributed by atoms with Gasteiger partial charge < -0.3 is 4.74 Å². The third-order valence-electron chi connectivity index (χ3n) is 3.27. The molecule has 0 aromatic heterocycles. The van der Waals surface area contributed by atoms with Crippen molar-refractivity contribution in [2.24, 2.45) is 5.41 Å². The molecule has 1 aliphatic rings. The molecule has 0 saturated heterocycles. The molecule has 0 amide bonds. The average molecular weight is 303 g/mol. The van der Waals surface area contributed by atoms with Gasteiger partial charge in [-0.15, -0.1) is 0 Å². The number of Topliss-reactive ketones (excluding diaryl/α,β-unsaturated/α-hetero) is 1. The van der Waals surface area contributed by atoms with E-state index in [1.807, 2.05) is 0 Å². The molecule has 1 aromatic carbocycles. The maximum absolute atomic E-state index is 13.5. The van der Waals surface area contributed by atoms with Crippen molar-refractivity contribution in [2.75, 3.05) is 0 Å². The number of carbonyl (C=O) groups is 2. The summed E-state index contributed by atoms with van der Waals surface area (Å²) in [5.41, 5.74) is -1.99. The maximum Gasteiger partial charge on any atom is 0.326 e. The van der Waals surface area contributed by atoms with Gasteiger partial charge in [-0.05, 0) is 37.6 Å². The summed E-state index contributed by atoms with van der Waals surface area (Å²) in [6.07, 6.45) is -4.09. The van der Waals surface area contributed by atoms with Crippen molar-refractivity contribution in [3.8, 4) is 0 Å². The Labute approximate surface area is 119 Å². The average Bonchev–Trinajstić information content (AvgIpc) is 2.62. The van der Waals surface area contributed by atoms with Crippen molar-refractivity contribution >= 4 is 23.4 Å². The molecule has 1 aliphatic carbocycles. The van der Waals surface area contributed by atoms with Crippen LogP contribution >= 0.6 is 11.6 Å². The molecular weight excluding hydrogens is 290 g/mol. The van der Waals surface area contributed by atoms with Crippen LogP contribution in [0, 0.1) is 5.41 Å². The predicted octanol–water partition coefficient (Wildman–Crippen LogP) is 3.28. The molecule has 0 heterocycles. The van der Waals surface area contributed by atoms with Crippen LogP contribution in [0.5, 0.6) is 0 Å². The van der Waals surface area contributed by atoms with Crippen LogP contribution in [0.3, 0.4) is 0 Å². The highest BCUT2D eigenvalue weighted by Crippen LogP contribution is 2.43. The van der Waals surface area contributed by atoms with E-state index in [2.05, 4.69) is 0 Å². The number of esters is 1. The first-order valence-electron chi connectivity index (χ1n) is 6.11. The predicted molar refractivity (Wildman–Crippen MR) is 69.2 cm³/mol. The molecule has 3 nitrogen and oxygen atoms in total. The molecule has 108 valence electrons. The third kappa shape index (κ3) is 2.20. The van der Waals surface area contributed by atoms with Gasteiger partial charge in [0.15, 0.2) is 11.2 Å². The van der Waals surface area contributed by atoms with Crippen molar-refractivity contribution in [2.45, 2.75) is 32.8 Å². The first-order valence-corrected chi connectivity index (χ1v) is 6.49. The van der Waals surface area contributed by atoms with Gasteiger partial charge in [0, 0.05) is 17.0 Å². The molecule has 0 aliphatic heterocycles.